The third-order valence-electron chi connectivity index (χ3n) is 5.88. The van der Waals surface area contributed by atoms with Crippen LogP contribution < -0.4 is 10.1 Å². The zero-order valence-electron chi connectivity index (χ0n) is 18.7. The molecule has 4 rings (SSSR count). The lowest BCUT2D eigenvalue weighted by molar-refractivity contribution is -0.120. The van der Waals surface area contributed by atoms with Crippen LogP contribution >= 0.6 is 11.8 Å². The van der Waals surface area contributed by atoms with Crippen LogP contribution in [0.25, 0.3) is 11.4 Å². The first-order valence-electron chi connectivity index (χ1n) is 11.2. The van der Waals surface area contributed by atoms with Gasteiger partial charge in [0.05, 0.1) is 12.4 Å². The summed E-state index contributed by atoms with van der Waals surface area (Å²) in [5.41, 5.74) is 2.23. The number of benzene rings is 2. The summed E-state index contributed by atoms with van der Waals surface area (Å²) in [6.45, 7) is 2.68. The van der Waals surface area contributed by atoms with E-state index >= 15 is 0 Å². The van der Waals surface area contributed by atoms with E-state index in [1.807, 2.05) is 37.3 Å². The smallest absolute Gasteiger partial charge is 0.233 e. The number of aromatic nitrogens is 3. The lowest BCUT2D eigenvalue weighted by Gasteiger charge is -2.17. The van der Waals surface area contributed by atoms with Crippen LogP contribution in [0.4, 0.5) is 0 Å². The predicted molar refractivity (Wildman–Crippen MR) is 128 cm³/mol. The number of methoxy groups -OCH3 is 1. The summed E-state index contributed by atoms with van der Waals surface area (Å²) in [4.78, 5) is 12.7. The number of rotatable bonds is 9. The molecule has 1 amide bonds. The fourth-order valence-electron chi connectivity index (χ4n) is 4.02. The summed E-state index contributed by atoms with van der Waals surface area (Å²) < 4.78 is 7.41. The zero-order valence-corrected chi connectivity index (χ0v) is 19.5. The van der Waals surface area contributed by atoms with E-state index in [0.29, 0.717) is 6.04 Å². The van der Waals surface area contributed by atoms with Crippen LogP contribution in [0.5, 0.6) is 5.75 Å². The van der Waals surface area contributed by atoms with Crippen molar-refractivity contribution in [2.75, 3.05) is 7.11 Å². The molecular weight excluding hydrogens is 420 g/mol. The molecule has 1 atom stereocenters. The second kappa shape index (κ2) is 10.7. The Bertz CT molecular complexity index is 1010. The second-order valence-corrected chi connectivity index (χ2v) is 9.48. The van der Waals surface area contributed by atoms with E-state index in [4.69, 9.17) is 4.74 Å². The van der Waals surface area contributed by atoms with Gasteiger partial charge in [-0.15, -0.1) is 10.2 Å². The molecule has 32 heavy (non-hydrogen) atoms. The van der Waals surface area contributed by atoms with Gasteiger partial charge in [-0.3, -0.25) is 4.79 Å². The van der Waals surface area contributed by atoms with Crippen LogP contribution in [0.15, 0.2) is 59.8 Å². The Morgan fingerprint density at radius 3 is 2.53 bits per heavy atom. The number of carbonyl (C=O) groups excluding carboxylic acids is 1. The molecule has 1 aliphatic carbocycles. The maximum absolute atomic E-state index is 12.7. The highest BCUT2D eigenvalue weighted by Crippen LogP contribution is 2.29. The predicted octanol–water partition coefficient (Wildman–Crippen LogP) is 4.74. The molecule has 0 saturated heterocycles. The second-order valence-electron chi connectivity index (χ2n) is 8.17. The summed E-state index contributed by atoms with van der Waals surface area (Å²) in [6, 6.07) is 18.5. The van der Waals surface area contributed by atoms with Gasteiger partial charge in [-0.05, 0) is 56.0 Å². The van der Waals surface area contributed by atoms with Crippen molar-refractivity contribution in [3.05, 3.63) is 60.2 Å². The highest BCUT2D eigenvalue weighted by molar-refractivity contribution is 8.00. The molecule has 1 fully saturated rings. The molecule has 1 aromatic heterocycles. The van der Waals surface area contributed by atoms with Crippen molar-refractivity contribution in [2.24, 2.45) is 0 Å². The van der Waals surface area contributed by atoms with Crippen LogP contribution in [0.1, 0.15) is 38.2 Å². The largest absolute Gasteiger partial charge is 0.497 e. The van der Waals surface area contributed by atoms with Gasteiger partial charge in [0, 0.05) is 18.2 Å². The van der Waals surface area contributed by atoms with Crippen molar-refractivity contribution in [2.45, 2.75) is 62.0 Å². The van der Waals surface area contributed by atoms with E-state index in [1.54, 1.807) is 7.11 Å². The Morgan fingerprint density at radius 1 is 1.12 bits per heavy atom. The minimum atomic E-state index is -0.237. The molecule has 6 nitrogen and oxygen atoms in total. The summed E-state index contributed by atoms with van der Waals surface area (Å²) in [5.74, 6) is 1.68. The third kappa shape index (κ3) is 5.51. The highest BCUT2D eigenvalue weighted by atomic mass is 32.2. The molecule has 0 aliphatic heterocycles. The molecule has 1 saturated carbocycles. The Kier molecular flexibility index (Phi) is 7.47. The maximum Gasteiger partial charge on any atom is 0.233 e. The normalized spacial score (nSPS) is 14.9. The first-order valence-corrected chi connectivity index (χ1v) is 12.1. The molecular formula is C25H30N4O2S. The van der Waals surface area contributed by atoms with Crippen molar-refractivity contribution in [1.29, 1.82) is 0 Å². The molecule has 3 aromatic rings. The van der Waals surface area contributed by atoms with Crippen molar-refractivity contribution in [3.8, 4) is 17.1 Å². The number of nitrogens with zero attached hydrogens (tertiary/aromatic N) is 3. The zero-order chi connectivity index (χ0) is 22.3. The number of thioether (sulfide) groups is 1. The SMILES string of the molecule is COc1ccc(-c2nnc(SC(C)C(=O)NC3CCCC3)n2CCc2ccccc2)cc1. The summed E-state index contributed by atoms with van der Waals surface area (Å²) in [7, 11) is 1.66. The molecule has 1 unspecified atom stereocenters. The topological polar surface area (TPSA) is 69.0 Å². The van der Waals surface area contributed by atoms with Gasteiger partial charge in [0.15, 0.2) is 11.0 Å². The van der Waals surface area contributed by atoms with Gasteiger partial charge in [0.2, 0.25) is 5.91 Å². The van der Waals surface area contributed by atoms with E-state index in [9.17, 15) is 4.79 Å². The monoisotopic (exact) mass is 450 g/mol. The van der Waals surface area contributed by atoms with Crippen LogP contribution in [0, 0.1) is 0 Å². The van der Waals surface area contributed by atoms with Gasteiger partial charge in [0.25, 0.3) is 0 Å². The molecule has 1 heterocycles. The third-order valence-corrected chi connectivity index (χ3v) is 6.97. The Morgan fingerprint density at radius 2 is 1.84 bits per heavy atom. The minimum absolute atomic E-state index is 0.0745. The van der Waals surface area contributed by atoms with Gasteiger partial charge in [-0.25, -0.2) is 0 Å². The van der Waals surface area contributed by atoms with Crippen LogP contribution in [0.3, 0.4) is 0 Å². The molecule has 0 radical (unpaired) electrons. The fraction of sp³-hybridized carbons (Fsp3) is 0.400. The van der Waals surface area contributed by atoms with Gasteiger partial charge in [0.1, 0.15) is 5.75 Å². The number of hydrogen-bond donors (Lipinski definition) is 1. The van der Waals surface area contributed by atoms with Gasteiger partial charge < -0.3 is 14.6 Å². The van der Waals surface area contributed by atoms with Gasteiger partial charge in [-0.1, -0.05) is 54.9 Å². The van der Waals surface area contributed by atoms with Gasteiger partial charge >= 0.3 is 0 Å². The van der Waals surface area contributed by atoms with E-state index in [-0.39, 0.29) is 11.2 Å². The van der Waals surface area contributed by atoms with Crippen molar-refractivity contribution < 1.29 is 9.53 Å². The molecule has 7 heteroatoms. The lowest BCUT2D eigenvalue weighted by Crippen LogP contribution is -2.37. The molecule has 0 bridgehead atoms. The van der Waals surface area contributed by atoms with Crippen LogP contribution in [-0.4, -0.2) is 39.1 Å². The first kappa shape index (κ1) is 22.4. The summed E-state index contributed by atoms with van der Waals surface area (Å²) in [5, 5.41) is 12.7. The van der Waals surface area contributed by atoms with Crippen molar-refractivity contribution >= 4 is 17.7 Å². The molecule has 2 aromatic carbocycles. The Balaban J connectivity index is 1.54. The van der Waals surface area contributed by atoms with E-state index in [0.717, 1.165) is 48.1 Å². The molecule has 1 aliphatic rings. The molecule has 1 N–H and O–H groups in total. The quantitative estimate of drug-likeness (QED) is 0.477. The number of ether oxygens (including phenoxy) is 1. The summed E-state index contributed by atoms with van der Waals surface area (Å²) in [6.07, 6.45) is 5.42. The highest BCUT2D eigenvalue weighted by Gasteiger charge is 2.24. The van der Waals surface area contributed by atoms with E-state index in [1.165, 1.54) is 30.2 Å². The lowest BCUT2D eigenvalue weighted by atomic mass is 10.1. The Hall–Kier alpha value is -2.80. The first-order chi connectivity index (χ1) is 15.6. The van der Waals surface area contributed by atoms with Gasteiger partial charge in [-0.2, -0.15) is 0 Å². The molecule has 168 valence electrons. The minimum Gasteiger partial charge on any atom is -0.497 e. The summed E-state index contributed by atoms with van der Waals surface area (Å²) >= 11 is 1.47. The number of carbonyl (C=O) groups is 1. The number of aryl methyl sites for hydroxylation is 1. The number of amides is 1. The average Bonchev–Trinajstić information content (AvgIpc) is 3.48. The fourth-order valence-corrected chi connectivity index (χ4v) is 4.90. The van der Waals surface area contributed by atoms with Crippen molar-refractivity contribution in [1.82, 2.24) is 20.1 Å². The standard InChI is InChI=1S/C25H30N4O2S/c1-18(24(30)26-21-10-6-7-11-21)32-25-28-27-23(20-12-14-22(31-2)15-13-20)29(25)17-16-19-8-4-3-5-9-19/h3-5,8-9,12-15,18,21H,6-7,10-11,16-17H2,1-2H3,(H,26,30). The average molecular weight is 451 g/mol. The van der Waals surface area contributed by atoms with E-state index in [2.05, 4.69) is 44.3 Å². The van der Waals surface area contributed by atoms with Crippen molar-refractivity contribution in [3.63, 3.8) is 0 Å². The Labute approximate surface area is 193 Å². The molecule has 0 spiro atoms. The van der Waals surface area contributed by atoms with Crippen LogP contribution in [-0.2, 0) is 17.8 Å². The number of hydrogen-bond acceptors (Lipinski definition) is 5. The number of nitrogens with one attached hydrogen (secondary N) is 1. The maximum atomic E-state index is 12.7. The van der Waals surface area contributed by atoms with Crippen LogP contribution in [0.2, 0.25) is 0 Å². The van der Waals surface area contributed by atoms with E-state index < -0.39 is 0 Å².